The lowest BCUT2D eigenvalue weighted by molar-refractivity contribution is 0.908. The van der Waals surface area contributed by atoms with Crippen molar-refractivity contribution in [3.8, 4) is 11.3 Å². The second-order valence-electron chi connectivity index (χ2n) is 4.02. The molecule has 0 aliphatic heterocycles. The first-order chi connectivity index (χ1) is 9.28. The lowest BCUT2D eigenvalue weighted by Crippen LogP contribution is -1.96. The molecule has 5 heteroatoms. The summed E-state index contributed by atoms with van der Waals surface area (Å²) in [5, 5.41) is 0.982. The fraction of sp³-hybridized carbons (Fsp3) is 0.143. The average molecular weight is 334 g/mol. The van der Waals surface area contributed by atoms with Gasteiger partial charge in [-0.05, 0) is 17.9 Å². The smallest absolute Gasteiger partial charge is 0.174 e. The third kappa shape index (κ3) is 2.53. The van der Waals surface area contributed by atoms with Gasteiger partial charge in [-0.1, -0.05) is 46.7 Å². The molecule has 3 nitrogen and oxygen atoms in total. The van der Waals surface area contributed by atoms with Crippen LogP contribution in [0.2, 0.25) is 0 Å². The Labute approximate surface area is 124 Å². The lowest BCUT2D eigenvalue weighted by atomic mass is 10.1. The predicted molar refractivity (Wildman–Crippen MR) is 82.5 cm³/mol. The summed E-state index contributed by atoms with van der Waals surface area (Å²) in [7, 11) is 0. The normalized spacial score (nSPS) is 11.1. The summed E-state index contributed by atoms with van der Waals surface area (Å²) >= 11 is 5.17. The van der Waals surface area contributed by atoms with Gasteiger partial charge in [0.25, 0.3) is 0 Å². The molecular formula is C14H12BrN3S. The molecule has 2 heterocycles. The van der Waals surface area contributed by atoms with Crippen molar-refractivity contribution >= 4 is 33.3 Å². The van der Waals surface area contributed by atoms with Crippen molar-refractivity contribution in [2.24, 2.45) is 0 Å². The molecule has 96 valence electrons. The molecule has 0 N–H and O–H groups in total. The third-order valence-corrected chi connectivity index (χ3v) is 4.13. The highest BCUT2D eigenvalue weighted by molar-refractivity contribution is 9.10. The lowest BCUT2D eigenvalue weighted by Gasteiger charge is -2.07. The number of rotatable bonds is 3. The van der Waals surface area contributed by atoms with E-state index in [0.29, 0.717) is 0 Å². The number of fused-ring (bicyclic) bond motifs is 1. The van der Waals surface area contributed by atoms with Crippen molar-refractivity contribution in [1.82, 2.24) is 14.4 Å². The van der Waals surface area contributed by atoms with Gasteiger partial charge in [-0.2, -0.15) is 0 Å². The Morgan fingerprint density at radius 3 is 2.79 bits per heavy atom. The number of benzene rings is 1. The summed E-state index contributed by atoms with van der Waals surface area (Å²) in [5.41, 5.74) is 3.00. The largest absolute Gasteiger partial charge is 0.279 e. The third-order valence-electron chi connectivity index (χ3n) is 2.77. The van der Waals surface area contributed by atoms with E-state index >= 15 is 0 Å². The second-order valence-corrected chi connectivity index (χ2v) is 6.17. The maximum Gasteiger partial charge on any atom is 0.174 e. The van der Waals surface area contributed by atoms with Gasteiger partial charge in [0.2, 0.25) is 0 Å². The fourth-order valence-corrected chi connectivity index (χ4v) is 2.87. The van der Waals surface area contributed by atoms with Gasteiger partial charge in [-0.15, -0.1) is 0 Å². The maximum atomic E-state index is 4.73. The van der Waals surface area contributed by atoms with Crippen LogP contribution in [0.1, 0.15) is 6.92 Å². The summed E-state index contributed by atoms with van der Waals surface area (Å²) in [6, 6.07) is 10.2. The Morgan fingerprint density at radius 1 is 1.26 bits per heavy atom. The van der Waals surface area contributed by atoms with Gasteiger partial charge in [0.15, 0.2) is 5.16 Å². The molecule has 0 bridgehead atoms. The molecule has 0 saturated carbocycles. The van der Waals surface area contributed by atoms with Gasteiger partial charge in [0.05, 0.1) is 5.69 Å². The van der Waals surface area contributed by atoms with Gasteiger partial charge in [-0.25, -0.2) is 9.97 Å². The van der Waals surface area contributed by atoms with Crippen molar-refractivity contribution in [3.05, 3.63) is 47.2 Å². The Kier molecular flexibility index (Phi) is 3.57. The molecule has 1 aromatic carbocycles. The Morgan fingerprint density at radius 2 is 2.05 bits per heavy atom. The van der Waals surface area contributed by atoms with Crippen molar-refractivity contribution in [1.29, 1.82) is 0 Å². The summed E-state index contributed by atoms with van der Waals surface area (Å²) in [4.78, 5) is 9.10. The molecule has 0 radical (unpaired) electrons. The number of hydrogen-bond acceptors (Lipinski definition) is 3. The average Bonchev–Trinajstić information content (AvgIpc) is 2.88. The van der Waals surface area contributed by atoms with E-state index in [4.69, 9.17) is 4.98 Å². The Hall–Kier alpha value is -1.33. The van der Waals surface area contributed by atoms with Crippen LogP contribution in [0.5, 0.6) is 0 Å². The topological polar surface area (TPSA) is 30.2 Å². The van der Waals surface area contributed by atoms with Gasteiger partial charge in [0, 0.05) is 28.5 Å². The molecule has 19 heavy (non-hydrogen) atoms. The maximum absolute atomic E-state index is 4.73. The minimum absolute atomic E-state index is 0.934. The Bertz CT molecular complexity index is 706. The molecule has 0 fully saturated rings. The van der Waals surface area contributed by atoms with E-state index in [-0.39, 0.29) is 0 Å². The van der Waals surface area contributed by atoms with Crippen LogP contribution in [0.3, 0.4) is 0 Å². The predicted octanol–water partition coefficient (Wildman–Crippen LogP) is 4.27. The molecule has 0 aliphatic carbocycles. The molecule has 0 atom stereocenters. The highest BCUT2D eigenvalue weighted by Gasteiger charge is 2.08. The second kappa shape index (κ2) is 5.35. The minimum Gasteiger partial charge on any atom is -0.279 e. The van der Waals surface area contributed by atoms with Crippen molar-refractivity contribution in [2.75, 3.05) is 5.75 Å². The number of thioether (sulfide) groups is 1. The zero-order valence-electron chi connectivity index (χ0n) is 10.4. The van der Waals surface area contributed by atoms with Crippen molar-refractivity contribution in [3.63, 3.8) is 0 Å². The zero-order chi connectivity index (χ0) is 13.2. The van der Waals surface area contributed by atoms with Gasteiger partial charge >= 0.3 is 0 Å². The summed E-state index contributed by atoms with van der Waals surface area (Å²) in [6.07, 6.45) is 3.76. The summed E-state index contributed by atoms with van der Waals surface area (Å²) in [5.74, 6) is 0.990. The molecule has 0 amide bonds. The van der Waals surface area contributed by atoms with Crippen LogP contribution >= 0.6 is 27.7 Å². The van der Waals surface area contributed by atoms with Crippen molar-refractivity contribution < 1.29 is 0 Å². The number of halogens is 1. The van der Waals surface area contributed by atoms with E-state index in [1.807, 2.05) is 35.0 Å². The zero-order valence-corrected chi connectivity index (χ0v) is 12.8. The summed E-state index contributed by atoms with van der Waals surface area (Å²) < 4.78 is 3.09. The molecule has 3 rings (SSSR count). The molecule has 2 aromatic heterocycles. The van der Waals surface area contributed by atoms with Crippen LogP contribution in [0.4, 0.5) is 0 Å². The van der Waals surface area contributed by atoms with Gasteiger partial charge in [0.1, 0.15) is 5.65 Å². The van der Waals surface area contributed by atoms with E-state index in [1.54, 1.807) is 11.8 Å². The SMILES string of the molecule is CCSc1nc(-c2ccc(Br)cc2)cc2nccn12. The molecular weight excluding hydrogens is 322 g/mol. The first kappa shape index (κ1) is 12.7. The van der Waals surface area contributed by atoms with E-state index in [2.05, 4.69) is 40.0 Å². The molecule has 0 saturated heterocycles. The van der Waals surface area contributed by atoms with Gasteiger partial charge < -0.3 is 0 Å². The van der Waals surface area contributed by atoms with Gasteiger partial charge in [-0.3, -0.25) is 4.40 Å². The van der Waals surface area contributed by atoms with E-state index in [0.717, 1.165) is 32.3 Å². The van der Waals surface area contributed by atoms with E-state index in [9.17, 15) is 0 Å². The van der Waals surface area contributed by atoms with Crippen molar-refractivity contribution in [2.45, 2.75) is 12.1 Å². The summed E-state index contributed by atoms with van der Waals surface area (Å²) in [6.45, 7) is 2.13. The Balaban J connectivity index is 2.15. The molecule has 0 spiro atoms. The molecule has 0 aliphatic rings. The molecule has 3 aromatic rings. The van der Waals surface area contributed by atoms with Crippen LogP contribution in [0.15, 0.2) is 52.4 Å². The van der Waals surface area contributed by atoms with Crippen LogP contribution < -0.4 is 0 Å². The fourth-order valence-electron chi connectivity index (χ4n) is 1.89. The number of imidazole rings is 1. The number of hydrogen-bond donors (Lipinski definition) is 0. The highest BCUT2D eigenvalue weighted by atomic mass is 79.9. The molecule has 0 unspecified atom stereocenters. The minimum atomic E-state index is 0.934. The standard InChI is InChI=1S/C14H12BrN3S/c1-2-19-14-17-12(9-13-16-7-8-18(13)14)10-3-5-11(15)6-4-10/h3-9H,2H2,1H3. The first-order valence-electron chi connectivity index (χ1n) is 6.01. The van der Waals surface area contributed by atoms with Crippen LogP contribution in [0, 0.1) is 0 Å². The first-order valence-corrected chi connectivity index (χ1v) is 7.78. The van der Waals surface area contributed by atoms with Crippen LogP contribution in [0.25, 0.3) is 16.9 Å². The monoisotopic (exact) mass is 333 g/mol. The van der Waals surface area contributed by atoms with Crippen LogP contribution in [-0.4, -0.2) is 20.1 Å². The van der Waals surface area contributed by atoms with Crippen LogP contribution in [-0.2, 0) is 0 Å². The quantitative estimate of drug-likeness (QED) is 0.529. The number of aromatic nitrogens is 3. The van der Waals surface area contributed by atoms with E-state index in [1.165, 1.54) is 0 Å². The number of nitrogens with zero attached hydrogens (tertiary/aromatic N) is 3. The van der Waals surface area contributed by atoms with E-state index < -0.39 is 0 Å². The highest BCUT2D eigenvalue weighted by Crippen LogP contribution is 2.25.